The Morgan fingerprint density at radius 2 is 1.12 bits per heavy atom. The van der Waals surface area contributed by atoms with Crippen LogP contribution in [0.25, 0.3) is 0 Å². The second-order valence-electron chi connectivity index (χ2n) is 8.91. The molecule has 1 aliphatic heterocycles. The zero-order valence-electron chi connectivity index (χ0n) is 23.4. The van der Waals surface area contributed by atoms with Crippen LogP contribution in [0.1, 0.15) is 20.7 Å². The number of hydrogen-bond donors (Lipinski definition) is 2. The van der Waals surface area contributed by atoms with Crippen LogP contribution < -0.4 is 19.3 Å². The number of carbonyl (C=O) groups is 4. The number of methoxy groups -OCH3 is 2. The summed E-state index contributed by atoms with van der Waals surface area (Å²) in [5, 5.41) is 20.7. The topological polar surface area (TPSA) is 171 Å². The number of aromatic hydroxyl groups is 2. The summed E-state index contributed by atoms with van der Waals surface area (Å²) in [6.07, 6.45) is 0.933. The molecule has 228 valence electrons. The monoisotopic (exact) mass is 590 g/mol. The van der Waals surface area contributed by atoms with E-state index in [2.05, 4.69) is 0 Å². The molecule has 0 fully saturated rings. The lowest BCUT2D eigenvalue weighted by molar-refractivity contribution is -0.139. The number of rotatable bonds is 6. The lowest BCUT2D eigenvalue weighted by Crippen LogP contribution is -2.35. The molecule has 0 spiro atoms. The molecule has 0 unspecified atom stereocenters. The van der Waals surface area contributed by atoms with E-state index >= 15 is 0 Å². The second-order valence-corrected chi connectivity index (χ2v) is 8.91. The fraction of sp³-hybridized carbons (Fsp3) is 0.429. The molecule has 1 aliphatic rings. The van der Waals surface area contributed by atoms with Gasteiger partial charge in [0.15, 0.2) is 12.6 Å². The number of aldehydes is 2. The molecule has 42 heavy (non-hydrogen) atoms. The predicted octanol–water partition coefficient (Wildman–Crippen LogP) is 1.19. The quantitative estimate of drug-likeness (QED) is 0.363. The van der Waals surface area contributed by atoms with Gasteiger partial charge in [0.1, 0.15) is 49.3 Å². The number of phenolic OH excluding ortho intramolecular Hbond substituents is 2. The van der Waals surface area contributed by atoms with Crippen molar-refractivity contribution >= 4 is 35.9 Å². The van der Waals surface area contributed by atoms with Gasteiger partial charge in [-0.3, -0.25) is 19.2 Å². The lowest BCUT2D eigenvalue weighted by atomic mass is 10.1. The van der Waals surface area contributed by atoms with E-state index in [0.29, 0.717) is 23.9 Å². The van der Waals surface area contributed by atoms with Gasteiger partial charge in [-0.25, -0.2) is 0 Å². The smallest absolute Gasteiger partial charge is 0.325 e. The van der Waals surface area contributed by atoms with Crippen LogP contribution in [0.3, 0.4) is 0 Å². The van der Waals surface area contributed by atoms with Gasteiger partial charge < -0.3 is 48.4 Å². The van der Waals surface area contributed by atoms with Gasteiger partial charge in [-0.05, 0) is 12.1 Å². The van der Waals surface area contributed by atoms with Crippen LogP contribution in [-0.2, 0) is 28.5 Å². The number of carbonyl (C=O) groups excluding carboxylic acids is 4. The molecule has 0 bridgehead atoms. The molecule has 0 saturated carbocycles. The molecule has 2 N–H and O–H groups in total. The van der Waals surface area contributed by atoms with E-state index in [9.17, 15) is 29.4 Å². The van der Waals surface area contributed by atoms with E-state index in [1.54, 1.807) is 9.80 Å². The van der Waals surface area contributed by atoms with E-state index in [0.717, 1.165) is 0 Å². The van der Waals surface area contributed by atoms with Crippen LogP contribution in [0.15, 0.2) is 24.3 Å². The van der Waals surface area contributed by atoms with E-state index in [1.807, 2.05) is 0 Å². The maximum atomic E-state index is 12.2. The zero-order chi connectivity index (χ0) is 30.5. The van der Waals surface area contributed by atoms with Crippen molar-refractivity contribution in [3.8, 4) is 23.0 Å². The van der Waals surface area contributed by atoms with Crippen LogP contribution in [0, 0.1) is 0 Å². The van der Waals surface area contributed by atoms with Crippen molar-refractivity contribution in [3.05, 3.63) is 35.4 Å². The Kier molecular flexibility index (Phi) is 12.2. The second kappa shape index (κ2) is 16.0. The number of ether oxygens (including phenoxy) is 6. The number of esters is 2. The molecular weight excluding hydrogens is 556 g/mol. The van der Waals surface area contributed by atoms with Crippen LogP contribution in [0.5, 0.6) is 23.0 Å². The number of fused-ring (bicyclic) bond motifs is 2. The summed E-state index contributed by atoms with van der Waals surface area (Å²) in [5.41, 5.74) is 0.556. The summed E-state index contributed by atoms with van der Waals surface area (Å²) in [7, 11) is 2.50. The van der Waals surface area contributed by atoms with Crippen molar-refractivity contribution in [1.29, 1.82) is 0 Å². The first-order valence-electron chi connectivity index (χ1n) is 13.0. The number of nitrogens with zero attached hydrogens (tertiary/aromatic N) is 2. The summed E-state index contributed by atoms with van der Waals surface area (Å²) in [4.78, 5) is 50.5. The van der Waals surface area contributed by atoms with Gasteiger partial charge >= 0.3 is 11.9 Å². The van der Waals surface area contributed by atoms with E-state index in [-0.39, 0.29) is 99.9 Å². The molecule has 14 nitrogen and oxygen atoms in total. The highest BCUT2D eigenvalue weighted by Crippen LogP contribution is 2.36. The Labute approximate surface area is 242 Å². The lowest BCUT2D eigenvalue weighted by Gasteiger charge is -2.27. The highest BCUT2D eigenvalue weighted by molar-refractivity contribution is 5.85. The minimum Gasteiger partial charge on any atom is -0.507 e. The molecule has 0 radical (unpaired) electrons. The minimum absolute atomic E-state index is 0.0295. The molecule has 0 saturated heterocycles. The molecule has 0 amide bonds. The summed E-state index contributed by atoms with van der Waals surface area (Å²) in [6.45, 7) is 0.675. The number of benzene rings is 2. The third-order valence-electron chi connectivity index (χ3n) is 6.23. The zero-order valence-corrected chi connectivity index (χ0v) is 23.4. The molecule has 1 heterocycles. The van der Waals surface area contributed by atoms with Crippen molar-refractivity contribution in [3.63, 3.8) is 0 Å². The molecule has 3 rings (SSSR count). The molecule has 0 aromatic heterocycles. The highest BCUT2D eigenvalue weighted by Gasteiger charge is 2.22. The minimum atomic E-state index is -0.545. The molecule has 2 aromatic carbocycles. The van der Waals surface area contributed by atoms with Gasteiger partial charge in [-0.15, -0.1) is 0 Å². The van der Waals surface area contributed by atoms with Crippen molar-refractivity contribution in [2.75, 3.05) is 89.8 Å². The SMILES string of the molecule is COC(=O)CN1CCOCCOCCN(CC(=O)OC)c2cc(O)c(C=O)cc2OCCOc2cc(C=O)c(O)cc21. The normalized spacial score (nSPS) is 15.0. The van der Waals surface area contributed by atoms with Gasteiger partial charge in [-0.1, -0.05) is 0 Å². The number of phenols is 2. The molecule has 14 heteroatoms. The van der Waals surface area contributed by atoms with Crippen molar-refractivity contribution < 1.29 is 57.8 Å². The average molecular weight is 591 g/mol. The van der Waals surface area contributed by atoms with Gasteiger partial charge in [0.05, 0.1) is 63.1 Å². The molecule has 2 aromatic rings. The van der Waals surface area contributed by atoms with Crippen LogP contribution >= 0.6 is 0 Å². The Morgan fingerprint density at radius 1 is 0.714 bits per heavy atom. The standard InChI is InChI=1S/C28H34N2O12/c1-37-27(35)15-29-3-5-39-7-8-40-6-4-30(16-28(36)38-2)22-14-24(34)20(18-32)12-26(22)42-10-9-41-25-11-19(17-31)23(33)13-21(25)29/h11-14,17-18,33-34H,3-10,15-16H2,1-2H3. The van der Waals surface area contributed by atoms with Gasteiger partial charge in [0, 0.05) is 25.2 Å². The third kappa shape index (κ3) is 8.72. The number of anilines is 2. The fourth-order valence-corrected chi connectivity index (χ4v) is 4.05. The van der Waals surface area contributed by atoms with Crippen LogP contribution in [0.2, 0.25) is 0 Å². The van der Waals surface area contributed by atoms with Gasteiger partial charge in [-0.2, -0.15) is 0 Å². The van der Waals surface area contributed by atoms with Crippen molar-refractivity contribution in [2.24, 2.45) is 0 Å². The summed E-state index contributed by atoms with van der Waals surface area (Å²) >= 11 is 0. The Bertz CT molecular complexity index is 1160. The largest absolute Gasteiger partial charge is 0.507 e. The summed E-state index contributed by atoms with van der Waals surface area (Å²) in [5.74, 6) is -1.35. The van der Waals surface area contributed by atoms with Gasteiger partial charge in [0.25, 0.3) is 0 Å². The third-order valence-corrected chi connectivity index (χ3v) is 6.23. The maximum absolute atomic E-state index is 12.2. The molecule has 0 atom stereocenters. The van der Waals surface area contributed by atoms with E-state index < -0.39 is 11.9 Å². The summed E-state index contributed by atoms with van der Waals surface area (Å²) in [6, 6.07) is 5.29. The first-order chi connectivity index (χ1) is 20.3. The Morgan fingerprint density at radius 3 is 1.48 bits per heavy atom. The van der Waals surface area contributed by atoms with Crippen molar-refractivity contribution in [1.82, 2.24) is 0 Å². The Hall–Kier alpha value is -4.56. The first kappa shape index (κ1) is 32.0. The summed E-state index contributed by atoms with van der Waals surface area (Å²) < 4.78 is 32.8. The average Bonchev–Trinajstić information content (AvgIpc) is 2.99. The van der Waals surface area contributed by atoms with Crippen LogP contribution in [-0.4, -0.2) is 115 Å². The first-order valence-corrected chi connectivity index (χ1v) is 13.0. The molecule has 0 aliphatic carbocycles. The van der Waals surface area contributed by atoms with E-state index in [4.69, 9.17) is 28.4 Å². The van der Waals surface area contributed by atoms with Gasteiger partial charge in [0.2, 0.25) is 0 Å². The maximum Gasteiger partial charge on any atom is 0.325 e. The van der Waals surface area contributed by atoms with Crippen molar-refractivity contribution in [2.45, 2.75) is 0 Å². The Balaban J connectivity index is 1.97. The van der Waals surface area contributed by atoms with E-state index in [1.165, 1.54) is 38.5 Å². The highest BCUT2D eigenvalue weighted by atomic mass is 16.5. The number of hydrogen-bond acceptors (Lipinski definition) is 14. The predicted molar refractivity (Wildman–Crippen MR) is 148 cm³/mol. The fourth-order valence-electron chi connectivity index (χ4n) is 4.05. The van der Waals surface area contributed by atoms with Crippen LogP contribution in [0.4, 0.5) is 11.4 Å². The molecular formula is C28H34N2O12.